The van der Waals surface area contributed by atoms with Crippen molar-refractivity contribution in [1.82, 2.24) is 5.32 Å². The van der Waals surface area contributed by atoms with E-state index in [1.165, 1.54) is 19.3 Å². The van der Waals surface area contributed by atoms with Gasteiger partial charge < -0.3 is 5.32 Å². The Kier molecular flexibility index (Phi) is 5.83. The summed E-state index contributed by atoms with van der Waals surface area (Å²) in [5.74, 6) is 0.598. The van der Waals surface area contributed by atoms with Crippen LogP contribution in [0.5, 0.6) is 0 Å². The minimum absolute atomic E-state index is 0.0772. The van der Waals surface area contributed by atoms with Gasteiger partial charge >= 0.3 is 0 Å². The second kappa shape index (κ2) is 7.63. The lowest BCUT2D eigenvalue weighted by Gasteiger charge is -2.20. The van der Waals surface area contributed by atoms with Crippen LogP contribution in [-0.4, -0.2) is 20.6 Å². The van der Waals surface area contributed by atoms with Gasteiger partial charge in [-0.3, -0.25) is 9.52 Å². The summed E-state index contributed by atoms with van der Waals surface area (Å²) in [4.78, 5) is 12.0. The SMILES string of the molecule is CS(=O)(=O)Nc1cccc(CNC(=O)CC2CCCCC2)c1. The summed E-state index contributed by atoms with van der Waals surface area (Å²) in [6, 6.07) is 7.07. The Labute approximate surface area is 132 Å². The van der Waals surface area contributed by atoms with Crippen molar-refractivity contribution in [1.29, 1.82) is 0 Å². The molecular weight excluding hydrogens is 300 g/mol. The number of anilines is 1. The highest BCUT2D eigenvalue weighted by atomic mass is 32.2. The normalized spacial score (nSPS) is 16.2. The average molecular weight is 324 g/mol. The third-order valence-corrected chi connectivity index (χ3v) is 4.53. The van der Waals surface area contributed by atoms with Gasteiger partial charge in [0.15, 0.2) is 0 Å². The van der Waals surface area contributed by atoms with Crippen molar-refractivity contribution in [2.75, 3.05) is 11.0 Å². The molecule has 0 aliphatic heterocycles. The van der Waals surface area contributed by atoms with Crippen molar-refractivity contribution in [2.24, 2.45) is 5.92 Å². The predicted molar refractivity (Wildman–Crippen MR) is 87.9 cm³/mol. The highest BCUT2D eigenvalue weighted by molar-refractivity contribution is 7.92. The van der Waals surface area contributed by atoms with Crippen LogP contribution in [0.25, 0.3) is 0 Å². The number of sulfonamides is 1. The van der Waals surface area contributed by atoms with Crippen molar-refractivity contribution in [2.45, 2.75) is 45.1 Å². The molecule has 1 fully saturated rings. The standard InChI is InChI=1S/C16H24N2O3S/c1-22(20,21)18-15-9-5-8-14(10-15)12-17-16(19)11-13-6-3-2-4-7-13/h5,8-10,13,18H,2-4,6-7,11-12H2,1H3,(H,17,19). The lowest BCUT2D eigenvalue weighted by atomic mass is 9.87. The molecule has 1 aliphatic carbocycles. The van der Waals surface area contributed by atoms with E-state index in [9.17, 15) is 13.2 Å². The molecule has 1 aromatic carbocycles. The van der Waals surface area contributed by atoms with E-state index in [0.717, 1.165) is 24.7 Å². The highest BCUT2D eigenvalue weighted by Gasteiger charge is 2.16. The van der Waals surface area contributed by atoms with Crippen molar-refractivity contribution >= 4 is 21.6 Å². The number of carbonyl (C=O) groups excluding carboxylic acids is 1. The molecule has 6 heteroatoms. The van der Waals surface area contributed by atoms with Crippen molar-refractivity contribution in [3.63, 3.8) is 0 Å². The summed E-state index contributed by atoms with van der Waals surface area (Å²) in [5, 5.41) is 2.92. The number of carbonyl (C=O) groups is 1. The van der Waals surface area contributed by atoms with Gasteiger partial charge in [-0.15, -0.1) is 0 Å². The van der Waals surface area contributed by atoms with Gasteiger partial charge in [-0.05, 0) is 36.5 Å². The zero-order chi connectivity index (χ0) is 16.0. The largest absolute Gasteiger partial charge is 0.352 e. The van der Waals surface area contributed by atoms with Crippen molar-refractivity contribution < 1.29 is 13.2 Å². The molecule has 2 rings (SSSR count). The fraction of sp³-hybridized carbons (Fsp3) is 0.562. The number of benzene rings is 1. The van der Waals surface area contributed by atoms with Crippen LogP contribution in [0.2, 0.25) is 0 Å². The second-order valence-corrected chi connectivity index (χ2v) is 7.81. The van der Waals surface area contributed by atoms with Gasteiger partial charge in [-0.2, -0.15) is 0 Å². The first-order valence-electron chi connectivity index (χ1n) is 7.76. The predicted octanol–water partition coefficient (Wildman–Crippen LogP) is 2.64. The smallest absolute Gasteiger partial charge is 0.229 e. The van der Waals surface area contributed by atoms with E-state index < -0.39 is 10.0 Å². The van der Waals surface area contributed by atoms with Crippen LogP contribution >= 0.6 is 0 Å². The minimum atomic E-state index is -3.28. The summed E-state index contributed by atoms with van der Waals surface area (Å²) < 4.78 is 24.9. The first-order chi connectivity index (χ1) is 10.4. The Hall–Kier alpha value is -1.56. The van der Waals surface area contributed by atoms with E-state index in [1.807, 2.05) is 6.07 Å². The van der Waals surface area contributed by atoms with Crippen LogP contribution in [0, 0.1) is 5.92 Å². The molecule has 0 bridgehead atoms. The van der Waals surface area contributed by atoms with Gasteiger partial charge in [0.2, 0.25) is 15.9 Å². The molecule has 0 unspecified atom stereocenters. The van der Waals surface area contributed by atoms with E-state index in [1.54, 1.807) is 18.2 Å². The molecule has 2 N–H and O–H groups in total. The molecule has 0 radical (unpaired) electrons. The summed E-state index contributed by atoms with van der Waals surface area (Å²) in [7, 11) is -3.28. The topological polar surface area (TPSA) is 75.3 Å². The third kappa shape index (κ3) is 6.05. The molecule has 5 nitrogen and oxygen atoms in total. The van der Waals surface area contributed by atoms with Crippen LogP contribution < -0.4 is 10.0 Å². The first-order valence-corrected chi connectivity index (χ1v) is 9.65. The van der Waals surface area contributed by atoms with Crippen LogP contribution in [-0.2, 0) is 21.4 Å². The number of hydrogen-bond acceptors (Lipinski definition) is 3. The van der Waals surface area contributed by atoms with Crippen molar-refractivity contribution in [3.05, 3.63) is 29.8 Å². The minimum Gasteiger partial charge on any atom is -0.352 e. The molecule has 1 saturated carbocycles. The molecular formula is C16H24N2O3S. The van der Waals surface area contributed by atoms with Gasteiger partial charge in [0.25, 0.3) is 0 Å². The zero-order valence-electron chi connectivity index (χ0n) is 13.0. The monoisotopic (exact) mass is 324 g/mol. The second-order valence-electron chi connectivity index (χ2n) is 6.06. The molecule has 122 valence electrons. The van der Waals surface area contributed by atoms with Gasteiger partial charge in [-0.25, -0.2) is 8.42 Å². The number of rotatable bonds is 6. The Morgan fingerprint density at radius 2 is 1.95 bits per heavy atom. The maximum atomic E-state index is 12.0. The highest BCUT2D eigenvalue weighted by Crippen LogP contribution is 2.26. The Morgan fingerprint density at radius 3 is 2.64 bits per heavy atom. The van der Waals surface area contributed by atoms with Gasteiger partial charge in [0.1, 0.15) is 0 Å². The Balaban J connectivity index is 1.83. The molecule has 22 heavy (non-hydrogen) atoms. The average Bonchev–Trinajstić information content (AvgIpc) is 2.45. The van der Waals surface area contributed by atoms with Crippen LogP contribution in [0.15, 0.2) is 24.3 Å². The fourth-order valence-corrected chi connectivity index (χ4v) is 3.44. The Bertz CT molecular complexity index is 608. The van der Waals surface area contributed by atoms with E-state index in [4.69, 9.17) is 0 Å². The number of nitrogens with one attached hydrogen (secondary N) is 2. The molecule has 0 heterocycles. The molecule has 0 spiro atoms. The lowest BCUT2D eigenvalue weighted by molar-refractivity contribution is -0.122. The molecule has 0 atom stereocenters. The maximum Gasteiger partial charge on any atom is 0.229 e. The first kappa shape index (κ1) is 16.8. The summed E-state index contributed by atoms with van der Waals surface area (Å²) >= 11 is 0. The van der Waals surface area contributed by atoms with E-state index in [2.05, 4.69) is 10.0 Å². The quantitative estimate of drug-likeness (QED) is 0.844. The third-order valence-electron chi connectivity index (χ3n) is 3.92. The molecule has 1 aromatic rings. The van der Waals surface area contributed by atoms with E-state index >= 15 is 0 Å². The van der Waals surface area contributed by atoms with E-state index in [-0.39, 0.29) is 5.91 Å². The zero-order valence-corrected chi connectivity index (χ0v) is 13.8. The number of hydrogen-bond donors (Lipinski definition) is 2. The molecule has 0 aromatic heterocycles. The molecule has 1 amide bonds. The Morgan fingerprint density at radius 1 is 1.23 bits per heavy atom. The lowest BCUT2D eigenvalue weighted by Crippen LogP contribution is -2.26. The van der Waals surface area contributed by atoms with Gasteiger partial charge in [0.05, 0.1) is 6.26 Å². The maximum absolute atomic E-state index is 12.0. The van der Waals surface area contributed by atoms with Crippen molar-refractivity contribution in [3.8, 4) is 0 Å². The van der Waals surface area contributed by atoms with Crippen LogP contribution in [0.3, 0.4) is 0 Å². The molecule has 0 saturated heterocycles. The van der Waals surface area contributed by atoms with E-state index in [0.29, 0.717) is 24.6 Å². The molecule has 1 aliphatic rings. The van der Waals surface area contributed by atoms with Gasteiger partial charge in [-0.1, -0.05) is 31.4 Å². The van der Waals surface area contributed by atoms with Crippen LogP contribution in [0.1, 0.15) is 44.1 Å². The van der Waals surface area contributed by atoms with Crippen LogP contribution in [0.4, 0.5) is 5.69 Å². The van der Waals surface area contributed by atoms with Gasteiger partial charge in [0, 0.05) is 18.7 Å². The summed E-state index contributed by atoms with van der Waals surface area (Å²) in [5.41, 5.74) is 1.40. The number of amides is 1. The summed E-state index contributed by atoms with van der Waals surface area (Å²) in [6.45, 7) is 0.421. The fourth-order valence-electron chi connectivity index (χ4n) is 2.89. The summed E-state index contributed by atoms with van der Waals surface area (Å²) in [6.07, 6.45) is 7.78.